The Morgan fingerprint density at radius 1 is 1.00 bits per heavy atom. The number of hydrogen-bond donors (Lipinski definition) is 2. The lowest BCUT2D eigenvalue weighted by molar-refractivity contribution is -0.121. The fraction of sp³-hybridized carbons (Fsp3) is 0.158. The fourth-order valence-corrected chi connectivity index (χ4v) is 2.57. The molecule has 3 aromatic rings. The summed E-state index contributed by atoms with van der Waals surface area (Å²) in [7, 11) is 0. The summed E-state index contributed by atoms with van der Waals surface area (Å²) in [4.78, 5) is 27.0. The smallest absolute Gasteiger partial charge is 0.220 e. The zero-order valence-electron chi connectivity index (χ0n) is 13.0. The number of hydrogen-bond acceptors (Lipinski definition) is 2. The summed E-state index contributed by atoms with van der Waals surface area (Å²) in [6, 6.07) is 13.2. The molecule has 1 aromatic heterocycles. The van der Waals surface area contributed by atoms with Gasteiger partial charge in [0.2, 0.25) is 5.91 Å². The van der Waals surface area contributed by atoms with Crippen LogP contribution in [0, 0.1) is 5.82 Å². The Hall–Kier alpha value is -2.95. The van der Waals surface area contributed by atoms with Crippen molar-refractivity contribution in [2.24, 2.45) is 0 Å². The van der Waals surface area contributed by atoms with E-state index in [4.69, 9.17) is 0 Å². The molecular weight excluding hydrogens is 307 g/mol. The molecule has 0 bridgehead atoms. The number of nitrogens with one attached hydrogen (secondary N) is 2. The number of H-pyrrole nitrogens is 1. The number of carbonyl (C=O) groups excluding carboxylic acids is 2. The van der Waals surface area contributed by atoms with Crippen LogP contribution in [-0.4, -0.2) is 16.7 Å². The summed E-state index contributed by atoms with van der Waals surface area (Å²) >= 11 is 0. The highest BCUT2D eigenvalue weighted by Gasteiger charge is 2.10. The van der Waals surface area contributed by atoms with E-state index in [1.54, 1.807) is 0 Å². The monoisotopic (exact) mass is 324 g/mol. The van der Waals surface area contributed by atoms with Crippen molar-refractivity contribution < 1.29 is 14.0 Å². The second-order valence-corrected chi connectivity index (χ2v) is 5.57. The first-order valence-corrected chi connectivity index (χ1v) is 7.74. The number of carbonyl (C=O) groups is 2. The number of aromatic nitrogens is 1. The summed E-state index contributed by atoms with van der Waals surface area (Å²) in [5.41, 5.74) is 2.44. The van der Waals surface area contributed by atoms with Crippen LogP contribution in [0.4, 0.5) is 4.39 Å². The van der Waals surface area contributed by atoms with Crippen LogP contribution in [0.2, 0.25) is 0 Å². The average molecular weight is 324 g/mol. The number of para-hydroxylation sites is 1. The summed E-state index contributed by atoms with van der Waals surface area (Å²) in [5, 5.41) is 3.89. The maximum absolute atomic E-state index is 12.8. The molecule has 5 heteroatoms. The van der Waals surface area contributed by atoms with E-state index >= 15 is 0 Å². The van der Waals surface area contributed by atoms with Gasteiger partial charge in [0.15, 0.2) is 5.78 Å². The minimum absolute atomic E-state index is 0.103. The molecule has 122 valence electrons. The lowest BCUT2D eigenvalue weighted by Gasteiger charge is -2.05. The van der Waals surface area contributed by atoms with Crippen molar-refractivity contribution in [3.05, 3.63) is 71.7 Å². The molecule has 24 heavy (non-hydrogen) atoms. The van der Waals surface area contributed by atoms with Crippen molar-refractivity contribution >= 4 is 22.6 Å². The molecule has 3 rings (SSSR count). The second kappa shape index (κ2) is 7.08. The van der Waals surface area contributed by atoms with Gasteiger partial charge in [-0.15, -0.1) is 0 Å². The van der Waals surface area contributed by atoms with E-state index < -0.39 is 0 Å². The molecule has 0 spiro atoms. The zero-order valence-corrected chi connectivity index (χ0v) is 13.0. The molecule has 0 aliphatic rings. The lowest BCUT2D eigenvalue weighted by Crippen LogP contribution is -2.23. The Bertz CT molecular complexity index is 868. The number of halogens is 1. The maximum Gasteiger partial charge on any atom is 0.220 e. The molecular formula is C19H17FN2O2. The Kier molecular flexibility index (Phi) is 4.70. The zero-order chi connectivity index (χ0) is 16.9. The third kappa shape index (κ3) is 3.68. The Morgan fingerprint density at radius 3 is 2.54 bits per heavy atom. The normalized spacial score (nSPS) is 10.7. The number of benzene rings is 2. The van der Waals surface area contributed by atoms with Gasteiger partial charge in [0.05, 0.1) is 0 Å². The van der Waals surface area contributed by atoms with Gasteiger partial charge in [0.25, 0.3) is 0 Å². The molecule has 0 atom stereocenters. The number of Topliss-reactive ketones (excluding diaryl/α,β-unsaturated/α-hetero) is 1. The van der Waals surface area contributed by atoms with E-state index in [0.29, 0.717) is 12.1 Å². The number of rotatable bonds is 6. The molecule has 1 amide bonds. The average Bonchev–Trinajstić information content (AvgIpc) is 3.01. The van der Waals surface area contributed by atoms with E-state index in [2.05, 4.69) is 10.3 Å². The quantitative estimate of drug-likeness (QED) is 0.681. The number of aromatic amines is 1. The summed E-state index contributed by atoms with van der Waals surface area (Å²) in [6.07, 6.45) is 2.08. The van der Waals surface area contributed by atoms with E-state index in [9.17, 15) is 14.0 Å². The highest BCUT2D eigenvalue weighted by molar-refractivity contribution is 5.97. The number of ketones is 1. The predicted octanol–water partition coefficient (Wildman–Crippen LogP) is 3.59. The van der Waals surface area contributed by atoms with Crippen molar-refractivity contribution in [1.82, 2.24) is 10.3 Å². The first kappa shape index (κ1) is 15.9. The van der Waals surface area contributed by atoms with Gasteiger partial charge in [-0.05, 0) is 35.9 Å². The molecule has 4 nitrogen and oxygen atoms in total. The summed E-state index contributed by atoms with van der Waals surface area (Å²) < 4.78 is 12.8. The molecule has 0 radical (unpaired) electrons. The third-order valence-electron chi connectivity index (χ3n) is 3.90. The van der Waals surface area contributed by atoms with E-state index in [1.807, 2.05) is 30.5 Å². The highest BCUT2D eigenvalue weighted by Crippen LogP contribution is 2.17. The minimum Gasteiger partial charge on any atom is -0.361 e. The maximum atomic E-state index is 12.8. The molecule has 0 saturated carbocycles. The van der Waals surface area contributed by atoms with Crippen molar-refractivity contribution in [1.29, 1.82) is 0 Å². The predicted molar refractivity (Wildman–Crippen MR) is 90.1 cm³/mol. The summed E-state index contributed by atoms with van der Waals surface area (Å²) in [5.74, 6) is -0.740. The van der Waals surface area contributed by atoms with E-state index in [-0.39, 0.29) is 30.3 Å². The third-order valence-corrected chi connectivity index (χ3v) is 3.90. The van der Waals surface area contributed by atoms with Crippen LogP contribution < -0.4 is 5.32 Å². The van der Waals surface area contributed by atoms with Crippen molar-refractivity contribution in [3.8, 4) is 0 Å². The van der Waals surface area contributed by atoms with E-state index in [1.165, 1.54) is 24.3 Å². The second-order valence-electron chi connectivity index (χ2n) is 5.57. The van der Waals surface area contributed by atoms with Gasteiger partial charge >= 0.3 is 0 Å². The van der Waals surface area contributed by atoms with Crippen molar-refractivity contribution in [2.45, 2.75) is 19.4 Å². The van der Waals surface area contributed by atoms with Gasteiger partial charge in [-0.1, -0.05) is 18.2 Å². The van der Waals surface area contributed by atoms with Crippen LogP contribution in [0.15, 0.2) is 54.7 Å². The molecule has 0 saturated heterocycles. The van der Waals surface area contributed by atoms with Gasteiger partial charge in [-0.25, -0.2) is 4.39 Å². The van der Waals surface area contributed by atoms with Crippen LogP contribution in [-0.2, 0) is 11.3 Å². The van der Waals surface area contributed by atoms with Gasteiger partial charge in [-0.2, -0.15) is 0 Å². The molecule has 0 fully saturated rings. The molecule has 2 N–H and O–H groups in total. The molecule has 2 aromatic carbocycles. The van der Waals surface area contributed by atoms with Crippen molar-refractivity contribution in [2.75, 3.05) is 0 Å². The van der Waals surface area contributed by atoms with Crippen LogP contribution in [0.5, 0.6) is 0 Å². The molecule has 0 aliphatic carbocycles. The van der Waals surface area contributed by atoms with Crippen LogP contribution in [0.3, 0.4) is 0 Å². The Morgan fingerprint density at radius 2 is 1.75 bits per heavy atom. The SMILES string of the molecule is O=C(CCC(=O)c1ccc(F)cc1)NCc1c[nH]c2ccccc12. The van der Waals surface area contributed by atoms with Gasteiger partial charge in [0, 0.05) is 42.0 Å². The number of fused-ring (bicyclic) bond motifs is 1. The summed E-state index contributed by atoms with van der Waals surface area (Å²) in [6.45, 7) is 0.410. The van der Waals surface area contributed by atoms with Gasteiger partial charge in [0.1, 0.15) is 5.82 Å². The molecule has 0 unspecified atom stereocenters. The van der Waals surface area contributed by atoms with Crippen molar-refractivity contribution in [3.63, 3.8) is 0 Å². The largest absolute Gasteiger partial charge is 0.361 e. The van der Waals surface area contributed by atoms with Gasteiger partial charge < -0.3 is 10.3 Å². The fourth-order valence-electron chi connectivity index (χ4n) is 2.57. The molecule has 0 aliphatic heterocycles. The minimum atomic E-state index is -0.386. The van der Waals surface area contributed by atoms with E-state index in [0.717, 1.165) is 16.5 Å². The lowest BCUT2D eigenvalue weighted by atomic mass is 10.1. The topological polar surface area (TPSA) is 62.0 Å². The first-order chi connectivity index (χ1) is 11.6. The Balaban J connectivity index is 1.51. The highest BCUT2D eigenvalue weighted by atomic mass is 19.1. The molecule has 1 heterocycles. The van der Waals surface area contributed by atoms with Crippen LogP contribution in [0.1, 0.15) is 28.8 Å². The van der Waals surface area contributed by atoms with Gasteiger partial charge in [-0.3, -0.25) is 9.59 Å². The van der Waals surface area contributed by atoms with Crippen LogP contribution >= 0.6 is 0 Å². The Labute approximate surface area is 138 Å². The van der Waals surface area contributed by atoms with Crippen LogP contribution in [0.25, 0.3) is 10.9 Å². The first-order valence-electron chi connectivity index (χ1n) is 7.74. The number of amides is 1. The standard InChI is InChI=1S/C19H17FN2O2/c20-15-7-5-13(6-8-15)18(23)9-10-19(24)22-12-14-11-21-17-4-2-1-3-16(14)17/h1-8,11,21H,9-10,12H2,(H,22,24).